The summed E-state index contributed by atoms with van der Waals surface area (Å²) < 4.78 is 13.8. The number of amides is 2. The number of anilines is 2. The topological polar surface area (TPSA) is 84.4 Å². The summed E-state index contributed by atoms with van der Waals surface area (Å²) >= 11 is 1.14. The molecule has 2 aromatic carbocycles. The van der Waals surface area contributed by atoms with E-state index in [-0.39, 0.29) is 24.5 Å². The predicted octanol–water partition coefficient (Wildman–Crippen LogP) is 3.01. The molecule has 0 radical (unpaired) electrons. The Hall–Kier alpha value is -3.00. The average Bonchev–Trinajstić information content (AvgIpc) is 3.22. The van der Waals surface area contributed by atoms with Crippen molar-refractivity contribution in [2.75, 3.05) is 16.8 Å². The second-order valence-corrected chi connectivity index (χ2v) is 7.07. The van der Waals surface area contributed by atoms with Crippen LogP contribution >= 0.6 is 11.7 Å². The minimum Gasteiger partial charge on any atom is -0.484 e. The monoisotopic (exact) mass is 382 g/mol. The quantitative estimate of drug-likeness (QED) is 0.750. The highest BCUT2D eigenvalue weighted by Crippen LogP contribution is 2.34. The molecule has 1 aromatic heterocycles. The van der Waals surface area contributed by atoms with Crippen LogP contribution in [0.15, 0.2) is 36.4 Å². The summed E-state index contributed by atoms with van der Waals surface area (Å²) in [4.78, 5) is 25.8. The molecule has 1 atom stereocenters. The second-order valence-electron chi connectivity index (χ2n) is 6.54. The van der Waals surface area contributed by atoms with E-state index in [9.17, 15) is 9.59 Å². The van der Waals surface area contributed by atoms with Gasteiger partial charge in [0.2, 0.25) is 5.91 Å². The van der Waals surface area contributed by atoms with Gasteiger partial charge in [-0.05, 0) is 49.2 Å². The summed E-state index contributed by atoms with van der Waals surface area (Å²) in [5, 5.41) is 2.84. The fraction of sp³-hybridized carbons (Fsp3) is 0.263. The van der Waals surface area contributed by atoms with E-state index in [4.69, 9.17) is 4.74 Å². The SMILES string of the molecule is CC(=O)N1c2ccc(NC(=O)COc3ccc4nsnc4c3)cc2C[C@H]1C. The molecule has 0 saturated carbocycles. The zero-order chi connectivity index (χ0) is 19.0. The van der Waals surface area contributed by atoms with Gasteiger partial charge in [-0.25, -0.2) is 0 Å². The Morgan fingerprint density at radius 3 is 2.85 bits per heavy atom. The smallest absolute Gasteiger partial charge is 0.262 e. The molecule has 2 heterocycles. The molecule has 4 rings (SSSR count). The van der Waals surface area contributed by atoms with Gasteiger partial charge in [0.1, 0.15) is 16.8 Å². The van der Waals surface area contributed by atoms with Gasteiger partial charge in [0.25, 0.3) is 5.91 Å². The van der Waals surface area contributed by atoms with Gasteiger partial charge in [0, 0.05) is 30.4 Å². The fourth-order valence-electron chi connectivity index (χ4n) is 3.39. The first kappa shape index (κ1) is 17.4. The summed E-state index contributed by atoms with van der Waals surface area (Å²) in [5.74, 6) is 0.352. The Kier molecular flexibility index (Phi) is 4.49. The summed E-state index contributed by atoms with van der Waals surface area (Å²) in [6, 6.07) is 11.1. The standard InChI is InChI=1S/C19H18N4O3S/c1-11-7-13-8-14(3-6-18(13)23(11)12(2)24)20-19(25)10-26-15-4-5-16-17(9-15)22-27-21-16/h3-6,8-9,11H,7,10H2,1-2H3,(H,20,25)/t11-/m1/s1. The van der Waals surface area contributed by atoms with Gasteiger partial charge in [-0.2, -0.15) is 8.75 Å². The van der Waals surface area contributed by atoms with E-state index >= 15 is 0 Å². The van der Waals surface area contributed by atoms with E-state index in [0.29, 0.717) is 11.4 Å². The highest BCUT2D eigenvalue weighted by atomic mass is 32.1. The number of hydrogen-bond donors (Lipinski definition) is 1. The van der Waals surface area contributed by atoms with Crippen LogP contribution in [0.25, 0.3) is 11.0 Å². The molecule has 0 saturated heterocycles. The van der Waals surface area contributed by atoms with E-state index in [2.05, 4.69) is 14.1 Å². The predicted molar refractivity (Wildman–Crippen MR) is 104 cm³/mol. The highest BCUT2D eigenvalue weighted by molar-refractivity contribution is 7.00. The maximum Gasteiger partial charge on any atom is 0.262 e. The largest absolute Gasteiger partial charge is 0.484 e. The third kappa shape index (κ3) is 3.48. The molecule has 0 fully saturated rings. The molecule has 2 amide bonds. The van der Waals surface area contributed by atoms with Gasteiger partial charge in [-0.1, -0.05) is 0 Å². The molecule has 0 aliphatic carbocycles. The molecular weight excluding hydrogens is 364 g/mol. The van der Waals surface area contributed by atoms with Gasteiger partial charge < -0.3 is 15.0 Å². The van der Waals surface area contributed by atoms with Crippen LogP contribution in [0.4, 0.5) is 11.4 Å². The molecule has 1 N–H and O–H groups in total. The third-order valence-corrected chi connectivity index (χ3v) is 5.07. The lowest BCUT2D eigenvalue weighted by molar-refractivity contribution is -0.118. The van der Waals surface area contributed by atoms with Crippen LogP contribution in [-0.4, -0.2) is 33.2 Å². The van der Waals surface area contributed by atoms with Gasteiger partial charge >= 0.3 is 0 Å². The normalized spacial score (nSPS) is 15.6. The zero-order valence-corrected chi connectivity index (χ0v) is 15.7. The van der Waals surface area contributed by atoms with Crippen LogP contribution in [0.2, 0.25) is 0 Å². The maximum absolute atomic E-state index is 12.2. The number of nitrogens with one attached hydrogen (secondary N) is 1. The Balaban J connectivity index is 1.40. The molecule has 1 aliphatic rings. The highest BCUT2D eigenvalue weighted by Gasteiger charge is 2.28. The lowest BCUT2D eigenvalue weighted by Gasteiger charge is -2.20. The molecule has 0 spiro atoms. The van der Waals surface area contributed by atoms with E-state index in [1.165, 1.54) is 0 Å². The van der Waals surface area contributed by atoms with Crippen molar-refractivity contribution in [2.45, 2.75) is 26.3 Å². The second kappa shape index (κ2) is 6.96. The Bertz CT molecular complexity index is 1030. The Morgan fingerprint density at radius 2 is 2.04 bits per heavy atom. The average molecular weight is 382 g/mol. The van der Waals surface area contributed by atoms with Crippen LogP contribution in [0, 0.1) is 0 Å². The van der Waals surface area contributed by atoms with Crippen molar-refractivity contribution in [3.05, 3.63) is 42.0 Å². The minimum absolute atomic E-state index is 0.0266. The number of carbonyl (C=O) groups is 2. The van der Waals surface area contributed by atoms with E-state index in [1.807, 2.05) is 25.1 Å². The first-order valence-corrected chi connectivity index (χ1v) is 9.32. The number of carbonyl (C=O) groups excluding carboxylic acids is 2. The number of aromatic nitrogens is 2. The number of ether oxygens (including phenoxy) is 1. The van der Waals surface area contributed by atoms with Crippen molar-refractivity contribution < 1.29 is 14.3 Å². The maximum atomic E-state index is 12.2. The Morgan fingerprint density at radius 1 is 1.22 bits per heavy atom. The van der Waals surface area contributed by atoms with E-state index in [1.54, 1.807) is 30.0 Å². The number of nitrogens with zero attached hydrogens (tertiary/aromatic N) is 3. The molecule has 27 heavy (non-hydrogen) atoms. The summed E-state index contributed by atoms with van der Waals surface area (Å²) in [6.07, 6.45) is 0.775. The van der Waals surface area contributed by atoms with Crippen molar-refractivity contribution in [2.24, 2.45) is 0 Å². The molecule has 0 unspecified atom stereocenters. The van der Waals surface area contributed by atoms with Gasteiger partial charge in [0.15, 0.2) is 6.61 Å². The molecule has 0 bridgehead atoms. The summed E-state index contributed by atoms with van der Waals surface area (Å²) in [5.41, 5.74) is 4.22. The summed E-state index contributed by atoms with van der Waals surface area (Å²) in [7, 11) is 0. The van der Waals surface area contributed by atoms with Gasteiger partial charge in [-0.3, -0.25) is 9.59 Å². The van der Waals surface area contributed by atoms with Crippen LogP contribution < -0.4 is 15.0 Å². The van der Waals surface area contributed by atoms with Crippen molar-refractivity contribution >= 4 is 46.0 Å². The molecule has 1 aliphatic heterocycles. The Labute approximate surface area is 160 Å². The number of rotatable bonds is 4. The zero-order valence-electron chi connectivity index (χ0n) is 14.9. The lowest BCUT2D eigenvalue weighted by Crippen LogP contribution is -2.33. The van der Waals surface area contributed by atoms with Crippen molar-refractivity contribution in [1.29, 1.82) is 0 Å². The first-order chi connectivity index (χ1) is 13.0. The van der Waals surface area contributed by atoms with Crippen LogP contribution in [0.1, 0.15) is 19.4 Å². The molecule has 3 aromatic rings. The molecular formula is C19H18N4O3S. The number of hydrogen-bond acceptors (Lipinski definition) is 6. The number of fused-ring (bicyclic) bond motifs is 2. The van der Waals surface area contributed by atoms with Crippen LogP contribution in [0.3, 0.4) is 0 Å². The van der Waals surface area contributed by atoms with Crippen LogP contribution in [0.5, 0.6) is 5.75 Å². The molecule has 8 heteroatoms. The van der Waals surface area contributed by atoms with Crippen LogP contribution in [-0.2, 0) is 16.0 Å². The van der Waals surface area contributed by atoms with E-state index < -0.39 is 0 Å². The molecule has 7 nitrogen and oxygen atoms in total. The molecule has 138 valence electrons. The lowest BCUT2D eigenvalue weighted by atomic mass is 10.1. The van der Waals surface area contributed by atoms with Crippen molar-refractivity contribution in [3.63, 3.8) is 0 Å². The van der Waals surface area contributed by atoms with Crippen molar-refractivity contribution in [1.82, 2.24) is 8.75 Å². The fourth-order valence-corrected chi connectivity index (χ4v) is 3.90. The number of benzene rings is 2. The van der Waals surface area contributed by atoms with Crippen molar-refractivity contribution in [3.8, 4) is 5.75 Å². The third-order valence-electron chi connectivity index (χ3n) is 4.51. The summed E-state index contributed by atoms with van der Waals surface area (Å²) in [6.45, 7) is 3.48. The minimum atomic E-state index is -0.249. The van der Waals surface area contributed by atoms with Gasteiger partial charge in [-0.15, -0.1) is 0 Å². The van der Waals surface area contributed by atoms with E-state index in [0.717, 1.165) is 40.4 Å². The van der Waals surface area contributed by atoms with Gasteiger partial charge in [0.05, 0.1) is 11.7 Å². The first-order valence-electron chi connectivity index (χ1n) is 8.59.